The molecule has 0 aliphatic carbocycles. The number of nitrogens with zero attached hydrogens (tertiary/aromatic N) is 1. The van der Waals surface area contributed by atoms with E-state index in [2.05, 4.69) is 23.3 Å². The van der Waals surface area contributed by atoms with Crippen LogP contribution in [0.3, 0.4) is 0 Å². The molecule has 3 aromatic rings. The van der Waals surface area contributed by atoms with Gasteiger partial charge in [0.2, 0.25) is 5.91 Å². The third kappa shape index (κ3) is 4.06. The second kappa shape index (κ2) is 8.50. The average Bonchev–Trinajstić information content (AvgIpc) is 2.74. The average molecular weight is 426 g/mol. The number of aromatic amines is 1. The largest absolute Gasteiger partial charge is 0.495 e. The molecule has 2 heterocycles. The molecule has 0 atom stereocenters. The molecule has 0 radical (unpaired) electrons. The maximum atomic E-state index is 13.1. The van der Waals surface area contributed by atoms with Crippen LogP contribution in [0.25, 0.3) is 10.9 Å². The van der Waals surface area contributed by atoms with Gasteiger partial charge < -0.3 is 15.0 Å². The Bertz CT molecular complexity index is 1170. The van der Waals surface area contributed by atoms with E-state index in [-0.39, 0.29) is 17.9 Å². The van der Waals surface area contributed by atoms with Gasteiger partial charge in [-0.1, -0.05) is 24.6 Å². The zero-order chi connectivity index (χ0) is 21.3. The van der Waals surface area contributed by atoms with E-state index in [1.165, 1.54) is 0 Å². The van der Waals surface area contributed by atoms with Gasteiger partial charge in [-0.25, -0.2) is 0 Å². The fraction of sp³-hybridized carbons (Fsp3) is 0.304. The van der Waals surface area contributed by atoms with Crippen molar-refractivity contribution in [2.24, 2.45) is 0 Å². The van der Waals surface area contributed by atoms with Gasteiger partial charge in [0.05, 0.1) is 18.7 Å². The lowest BCUT2D eigenvalue weighted by atomic mass is 10.0. The van der Waals surface area contributed by atoms with Gasteiger partial charge in [-0.3, -0.25) is 14.5 Å². The van der Waals surface area contributed by atoms with Gasteiger partial charge in [0, 0.05) is 47.4 Å². The Morgan fingerprint density at radius 3 is 2.83 bits per heavy atom. The van der Waals surface area contributed by atoms with Crippen molar-refractivity contribution < 1.29 is 9.53 Å². The number of ether oxygens (including phenoxy) is 1. The number of fused-ring (bicyclic) bond motifs is 2. The highest BCUT2D eigenvalue weighted by molar-refractivity contribution is 6.32. The topological polar surface area (TPSA) is 74.4 Å². The standard InChI is InChI=1S/C23H24ClN3O3/c1-3-14-4-6-19-16(10-14)23(29)17-12-27(9-8-20(17)26-19)13-22(28)25-15-5-7-21(30-2)18(24)11-15/h4-7,10-11H,3,8-9,12-13H2,1-2H3,(H,25,28)(H,26,29). The Kier molecular flexibility index (Phi) is 5.79. The number of amides is 1. The lowest BCUT2D eigenvalue weighted by Gasteiger charge is -2.28. The van der Waals surface area contributed by atoms with Crippen molar-refractivity contribution in [1.29, 1.82) is 0 Å². The molecule has 1 aliphatic rings. The highest BCUT2D eigenvalue weighted by Crippen LogP contribution is 2.27. The Morgan fingerprint density at radius 1 is 1.27 bits per heavy atom. The summed E-state index contributed by atoms with van der Waals surface area (Å²) in [5, 5.41) is 4.01. The van der Waals surface area contributed by atoms with E-state index in [1.54, 1.807) is 25.3 Å². The van der Waals surface area contributed by atoms with Crippen molar-refractivity contribution in [3.05, 3.63) is 68.5 Å². The zero-order valence-corrected chi connectivity index (χ0v) is 17.8. The summed E-state index contributed by atoms with van der Waals surface area (Å²) < 4.78 is 5.13. The summed E-state index contributed by atoms with van der Waals surface area (Å²) in [5.41, 5.74) is 4.40. The zero-order valence-electron chi connectivity index (χ0n) is 17.0. The Labute approximate surface area is 179 Å². The number of rotatable bonds is 5. The smallest absolute Gasteiger partial charge is 0.238 e. The molecular weight excluding hydrogens is 402 g/mol. The molecule has 0 fully saturated rings. The number of aromatic nitrogens is 1. The molecule has 1 aromatic heterocycles. The minimum absolute atomic E-state index is 0.0566. The molecule has 7 heteroatoms. The molecule has 0 saturated heterocycles. The number of methoxy groups -OCH3 is 1. The monoisotopic (exact) mass is 425 g/mol. The van der Waals surface area contributed by atoms with E-state index in [9.17, 15) is 9.59 Å². The van der Waals surface area contributed by atoms with Crippen LogP contribution in [0.4, 0.5) is 5.69 Å². The van der Waals surface area contributed by atoms with E-state index in [0.29, 0.717) is 41.4 Å². The predicted molar refractivity (Wildman–Crippen MR) is 120 cm³/mol. The lowest BCUT2D eigenvalue weighted by Crippen LogP contribution is -2.39. The van der Waals surface area contributed by atoms with Crippen molar-refractivity contribution in [3.63, 3.8) is 0 Å². The fourth-order valence-electron chi connectivity index (χ4n) is 3.88. The second-order valence-electron chi connectivity index (χ2n) is 7.50. The van der Waals surface area contributed by atoms with Gasteiger partial charge in [-0.05, 0) is 42.3 Å². The molecule has 0 unspecified atom stereocenters. The van der Waals surface area contributed by atoms with Crippen molar-refractivity contribution in [2.45, 2.75) is 26.3 Å². The maximum absolute atomic E-state index is 13.1. The van der Waals surface area contributed by atoms with Crippen molar-refractivity contribution in [1.82, 2.24) is 9.88 Å². The molecule has 2 N–H and O–H groups in total. The lowest BCUT2D eigenvalue weighted by molar-refractivity contribution is -0.117. The number of carbonyl (C=O) groups excluding carboxylic acids is 1. The molecule has 0 saturated carbocycles. The van der Waals surface area contributed by atoms with Crippen LogP contribution in [0.1, 0.15) is 23.7 Å². The van der Waals surface area contributed by atoms with Gasteiger partial charge in [0.1, 0.15) is 5.75 Å². The van der Waals surface area contributed by atoms with E-state index >= 15 is 0 Å². The molecule has 0 bridgehead atoms. The minimum Gasteiger partial charge on any atom is -0.495 e. The molecule has 156 valence electrons. The van der Waals surface area contributed by atoms with E-state index < -0.39 is 0 Å². The molecule has 2 aromatic carbocycles. The third-order valence-electron chi connectivity index (χ3n) is 5.52. The molecule has 0 spiro atoms. The molecule has 6 nitrogen and oxygen atoms in total. The highest BCUT2D eigenvalue weighted by atomic mass is 35.5. The summed E-state index contributed by atoms with van der Waals surface area (Å²) in [7, 11) is 1.54. The van der Waals surface area contributed by atoms with Gasteiger partial charge in [-0.15, -0.1) is 0 Å². The summed E-state index contributed by atoms with van der Waals surface area (Å²) in [6, 6.07) is 11.1. The maximum Gasteiger partial charge on any atom is 0.238 e. The van der Waals surface area contributed by atoms with Crippen LogP contribution < -0.4 is 15.5 Å². The van der Waals surface area contributed by atoms with Crippen LogP contribution >= 0.6 is 11.6 Å². The van der Waals surface area contributed by atoms with Crippen LogP contribution in [0.15, 0.2) is 41.2 Å². The van der Waals surface area contributed by atoms with Crippen LogP contribution in [-0.4, -0.2) is 36.0 Å². The number of nitrogens with one attached hydrogen (secondary N) is 2. The molecular formula is C23H24ClN3O3. The summed E-state index contributed by atoms with van der Waals surface area (Å²) in [4.78, 5) is 31.0. The minimum atomic E-state index is -0.148. The number of benzene rings is 2. The van der Waals surface area contributed by atoms with Gasteiger partial charge in [-0.2, -0.15) is 0 Å². The number of H-pyrrole nitrogens is 1. The van der Waals surface area contributed by atoms with Crippen molar-refractivity contribution in [3.8, 4) is 5.75 Å². The predicted octanol–water partition coefficient (Wildman–Crippen LogP) is 3.75. The normalized spacial score (nSPS) is 13.8. The summed E-state index contributed by atoms with van der Waals surface area (Å²) in [6.07, 6.45) is 1.59. The third-order valence-corrected chi connectivity index (χ3v) is 5.82. The first kappa shape index (κ1) is 20.4. The van der Waals surface area contributed by atoms with E-state index in [1.807, 2.05) is 17.0 Å². The number of hydrogen-bond donors (Lipinski definition) is 2. The van der Waals surface area contributed by atoms with Crippen LogP contribution in [0.5, 0.6) is 5.75 Å². The SMILES string of the molecule is CCc1ccc2[nH]c3c(c(=O)c2c1)CN(CC(=O)Nc1ccc(OC)c(Cl)c1)CC3. The number of carbonyl (C=O) groups is 1. The van der Waals surface area contributed by atoms with Crippen LogP contribution in [0, 0.1) is 0 Å². The van der Waals surface area contributed by atoms with Gasteiger partial charge in [0.25, 0.3) is 0 Å². The molecule has 1 amide bonds. The fourth-order valence-corrected chi connectivity index (χ4v) is 4.14. The first-order valence-electron chi connectivity index (χ1n) is 10.0. The highest BCUT2D eigenvalue weighted by Gasteiger charge is 2.22. The van der Waals surface area contributed by atoms with Crippen LogP contribution in [-0.2, 0) is 24.2 Å². The summed E-state index contributed by atoms with van der Waals surface area (Å²) in [6.45, 7) is 3.44. The first-order valence-corrected chi connectivity index (χ1v) is 10.4. The Hall–Kier alpha value is -2.83. The van der Waals surface area contributed by atoms with E-state index in [4.69, 9.17) is 16.3 Å². The molecule has 4 rings (SSSR count). The van der Waals surface area contributed by atoms with E-state index in [0.717, 1.165) is 28.8 Å². The summed E-state index contributed by atoms with van der Waals surface area (Å²) >= 11 is 6.12. The number of hydrogen-bond acceptors (Lipinski definition) is 4. The van der Waals surface area contributed by atoms with Gasteiger partial charge in [0.15, 0.2) is 5.43 Å². The van der Waals surface area contributed by atoms with Crippen molar-refractivity contribution >= 4 is 34.1 Å². The van der Waals surface area contributed by atoms with Crippen LogP contribution in [0.2, 0.25) is 5.02 Å². The molecule has 30 heavy (non-hydrogen) atoms. The first-order chi connectivity index (χ1) is 14.5. The quantitative estimate of drug-likeness (QED) is 0.652. The van der Waals surface area contributed by atoms with Crippen molar-refractivity contribution in [2.75, 3.05) is 25.5 Å². The summed E-state index contributed by atoms with van der Waals surface area (Å²) in [5.74, 6) is 0.408. The number of halogens is 1. The second-order valence-corrected chi connectivity index (χ2v) is 7.91. The number of pyridine rings is 1. The number of aryl methyl sites for hydroxylation is 1. The number of anilines is 1. The Balaban J connectivity index is 1.49. The Morgan fingerprint density at radius 2 is 2.10 bits per heavy atom. The van der Waals surface area contributed by atoms with Gasteiger partial charge >= 0.3 is 0 Å². The molecule has 1 aliphatic heterocycles.